The van der Waals surface area contributed by atoms with Gasteiger partial charge in [-0.1, -0.05) is 6.07 Å². The highest BCUT2D eigenvalue weighted by Gasteiger charge is 2.11. The first-order valence-electron chi connectivity index (χ1n) is 5.82. The van der Waals surface area contributed by atoms with Crippen molar-refractivity contribution in [1.29, 1.82) is 0 Å². The first kappa shape index (κ1) is 14.8. The van der Waals surface area contributed by atoms with Gasteiger partial charge < -0.3 is 24.6 Å². The van der Waals surface area contributed by atoms with Gasteiger partial charge in [-0.15, -0.1) is 0 Å². The second kappa shape index (κ2) is 7.92. The van der Waals surface area contributed by atoms with Gasteiger partial charge >= 0.3 is 0 Å². The average Bonchev–Trinajstić information content (AvgIpc) is 2.42. The summed E-state index contributed by atoms with van der Waals surface area (Å²) in [5.74, 6) is 1.27. The van der Waals surface area contributed by atoms with Gasteiger partial charge in [-0.05, 0) is 17.7 Å². The van der Waals surface area contributed by atoms with Crippen LogP contribution in [0.25, 0.3) is 0 Å². The Morgan fingerprint density at radius 3 is 2.50 bits per heavy atom. The summed E-state index contributed by atoms with van der Waals surface area (Å²) in [4.78, 5) is 0. The minimum absolute atomic E-state index is 0.471. The van der Waals surface area contributed by atoms with Gasteiger partial charge in [-0.3, -0.25) is 0 Å². The molecule has 0 bridgehead atoms. The van der Waals surface area contributed by atoms with Gasteiger partial charge in [0.15, 0.2) is 11.5 Å². The lowest BCUT2D eigenvalue weighted by molar-refractivity contribution is 0.161. The zero-order valence-electron chi connectivity index (χ0n) is 11.1. The second-order valence-corrected chi connectivity index (χ2v) is 3.83. The van der Waals surface area contributed by atoms with Crippen molar-refractivity contribution < 1.29 is 19.3 Å². The van der Waals surface area contributed by atoms with Crippen molar-refractivity contribution in [2.24, 2.45) is 0 Å². The normalized spacial score (nSPS) is 12.2. The number of methoxy groups -OCH3 is 3. The Balaban J connectivity index is 2.59. The summed E-state index contributed by atoms with van der Waals surface area (Å²) in [6.45, 7) is 1.80. The summed E-state index contributed by atoms with van der Waals surface area (Å²) in [6, 6.07) is 5.39. The van der Waals surface area contributed by atoms with Gasteiger partial charge in [0.25, 0.3) is 0 Å². The zero-order chi connectivity index (χ0) is 13.4. The third kappa shape index (κ3) is 4.18. The van der Waals surface area contributed by atoms with E-state index in [0.29, 0.717) is 31.2 Å². The van der Waals surface area contributed by atoms with Crippen molar-refractivity contribution in [3.63, 3.8) is 0 Å². The molecule has 0 amide bonds. The highest BCUT2D eigenvalue weighted by molar-refractivity contribution is 5.43. The van der Waals surface area contributed by atoms with Crippen LogP contribution in [0.15, 0.2) is 18.2 Å². The Morgan fingerprint density at radius 2 is 1.89 bits per heavy atom. The summed E-state index contributed by atoms with van der Waals surface area (Å²) in [6.07, 6.45) is -0.582. The van der Waals surface area contributed by atoms with Crippen LogP contribution in [0.5, 0.6) is 11.5 Å². The number of benzene rings is 1. The number of rotatable bonds is 8. The van der Waals surface area contributed by atoms with Crippen LogP contribution < -0.4 is 14.8 Å². The highest BCUT2D eigenvalue weighted by atomic mass is 16.5. The maximum absolute atomic E-state index is 10.0. The molecule has 0 radical (unpaired) electrons. The molecule has 102 valence electrons. The Hall–Kier alpha value is -1.30. The van der Waals surface area contributed by atoms with E-state index in [4.69, 9.17) is 14.2 Å². The maximum atomic E-state index is 10.0. The molecule has 0 saturated carbocycles. The Labute approximate surface area is 108 Å². The van der Waals surface area contributed by atoms with Crippen molar-refractivity contribution in [3.05, 3.63) is 23.8 Å². The van der Waals surface area contributed by atoms with Crippen LogP contribution in [-0.2, 0) is 4.74 Å². The van der Waals surface area contributed by atoms with Gasteiger partial charge in [-0.2, -0.15) is 0 Å². The molecule has 0 aliphatic heterocycles. The van der Waals surface area contributed by atoms with Crippen LogP contribution in [0.3, 0.4) is 0 Å². The molecule has 1 aromatic rings. The van der Waals surface area contributed by atoms with Crippen molar-refractivity contribution in [2.75, 3.05) is 41.0 Å². The quantitative estimate of drug-likeness (QED) is 0.678. The van der Waals surface area contributed by atoms with E-state index in [-0.39, 0.29) is 0 Å². The lowest BCUT2D eigenvalue weighted by atomic mass is 10.1. The maximum Gasteiger partial charge on any atom is 0.161 e. The van der Waals surface area contributed by atoms with Gasteiger partial charge in [0, 0.05) is 20.2 Å². The number of nitrogens with one attached hydrogen (secondary N) is 1. The van der Waals surface area contributed by atoms with E-state index in [2.05, 4.69) is 5.32 Å². The lowest BCUT2D eigenvalue weighted by Crippen LogP contribution is -2.25. The first-order chi connectivity index (χ1) is 8.72. The summed E-state index contributed by atoms with van der Waals surface area (Å²) in [5, 5.41) is 13.1. The molecule has 0 aromatic heterocycles. The lowest BCUT2D eigenvalue weighted by Gasteiger charge is -2.14. The fourth-order valence-corrected chi connectivity index (χ4v) is 1.59. The molecule has 1 rings (SSSR count). The van der Waals surface area contributed by atoms with Crippen LogP contribution in [0.1, 0.15) is 11.7 Å². The van der Waals surface area contributed by atoms with Crippen molar-refractivity contribution >= 4 is 0 Å². The predicted octanol–water partition coefficient (Wildman–Crippen LogP) is 0.973. The van der Waals surface area contributed by atoms with E-state index in [1.54, 1.807) is 33.5 Å². The fraction of sp³-hybridized carbons (Fsp3) is 0.538. The standard InChI is InChI=1S/C13H21NO4/c1-16-7-6-14-9-11(15)10-4-5-12(17-2)13(8-10)18-3/h4-5,8,11,14-15H,6-7,9H2,1-3H3. The van der Waals surface area contributed by atoms with Crippen LogP contribution in [0.4, 0.5) is 0 Å². The largest absolute Gasteiger partial charge is 0.493 e. The van der Waals surface area contributed by atoms with Crippen LogP contribution in [0, 0.1) is 0 Å². The third-order valence-electron chi connectivity index (χ3n) is 2.61. The molecule has 0 aliphatic carbocycles. The van der Waals surface area contributed by atoms with Crippen LogP contribution >= 0.6 is 0 Å². The first-order valence-corrected chi connectivity index (χ1v) is 5.82. The van der Waals surface area contributed by atoms with Crippen LogP contribution in [-0.4, -0.2) is 46.1 Å². The minimum Gasteiger partial charge on any atom is -0.493 e. The van der Waals surface area contributed by atoms with Gasteiger partial charge in [0.1, 0.15) is 0 Å². The third-order valence-corrected chi connectivity index (χ3v) is 2.61. The monoisotopic (exact) mass is 255 g/mol. The summed E-state index contributed by atoms with van der Waals surface area (Å²) < 4.78 is 15.3. The summed E-state index contributed by atoms with van der Waals surface area (Å²) in [5.41, 5.74) is 0.789. The zero-order valence-corrected chi connectivity index (χ0v) is 11.1. The molecule has 0 fully saturated rings. The fourth-order valence-electron chi connectivity index (χ4n) is 1.59. The molecule has 0 saturated heterocycles. The van der Waals surface area contributed by atoms with E-state index >= 15 is 0 Å². The van der Waals surface area contributed by atoms with Crippen molar-refractivity contribution in [3.8, 4) is 11.5 Å². The Bertz CT molecular complexity index is 357. The van der Waals surface area contributed by atoms with Gasteiger partial charge in [0.05, 0.1) is 26.9 Å². The minimum atomic E-state index is -0.582. The van der Waals surface area contributed by atoms with Gasteiger partial charge in [-0.25, -0.2) is 0 Å². The summed E-state index contributed by atoms with van der Waals surface area (Å²) >= 11 is 0. The number of aliphatic hydroxyl groups is 1. The van der Waals surface area contributed by atoms with Crippen molar-refractivity contribution in [1.82, 2.24) is 5.32 Å². The predicted molar refractivity (Wildman–Crippen MR) is 69.3 cm³/mol. The molecule has 1 unspecified atom stereocenters. The van der Waals surface area contributed by atoms with Crippen molar-refractivity contribution in [2.45, 2.75) is 6.10 Å². The molecular weight excluding hydrogens is 234 g/mol. The average molecular weight is 255 g/mol. The number of hydrogen-bond donors (Lipinski definition) is 2. The molecule has 5 nitrogen and oxygen atoms in total. The van der Waals surface area contributed by atoms with E-state index in [0.717, 1.165) is 5.56 Å². The van der Waals surface area contributed by atoms with Crippen LogP contribution in [0.2, 0.25) is 0 Å². The molecule has 1 atom stereocenters. The molecule has 0 heterocycles. The number of aliphatic hydroxyl groups excluding tert-OH is 1. The molecule has 1 aromatic carbocycles. The van der Waals surface area contributed by atoms with E-state index < -0.39 is 6.10 Å². The number of ether oxygens (including phenoxy) is 3. The van der Waals surface area contributed by atoms with Gasteiger partial charge in [0.2, 0.25) is 0 Å². The molecule has 0 aliphatic rings. The topological polar surface area (TPSA) is 60.0 Å². The van der Waals surface area contributed by atoms with E-state index in [1.807, 2.05) is 6.07 Å². The molecule has 5 heteroatoms. The second-order valence-electron chi connectivity index (χ2n) is 3.83. The molecule has 0 spiro atoms. The molecular formula is C13H21NO4. The number of hydrogen-bond acceptors (Lipinski definition) is 5. The smallest absolute Gasteiger partial charge is 0.161 e. The highest BCUT2D eigenvalue weighted by Crippen LogP contribution is 2.29. The summed E-state index contributed by atoms with van der Waals surface area (Å²) in [7, 11) is 4.80. The van der Waals surface area contributed by atoms with E-state index in [1.165, 1.54) is 0 Å². The molecule has 2 N–H and O–H groups in total. The Morgan fingerprint density at radius 1 is 1.17 bits per heavy atom. The molecule has 18 heavy (non-hydrogen) atoms. The Kier molecular flexibility index (Phi) is 6.49. The van der Waals surface area contributed by atoms with E-state index in [9.17, 15) is 5.11 Å². The SMILES string of the molecule is COCCNCC(O)c1ccc(OC)c(OC)c1.